The predicted molar refractivity (Wildman–Crippen MR) is 68.5 cm³/mol. The molecule has 17 heavy (non-hydrogen) atoms. The molecule has 2 aromatic rings. The third-order valence-electron chi connectivity index (χ3n) is 2.78. The van der Waals surface area contributed by atoms with Gasteiger partial charge in [-0.3, -0.25) is 0 Å². The second kappa shape index (κ2) is 4.49. The number of nitrogens with zero attached hydrogens (tertiary/aromatic N) is 3. The molecule has 2 N–H and O–H groups in total. The Morgan fingerprint density at radius 2 is 2.00 bits per heavy atom. The number of benzene rings is 1. The van der Waals surface area contributed by atoms with Gasteiger partial charge in [-0.25, -0.2) is 4.98 Å². The summed E-state index contributed by atoms with van der Waals surface area (Å²) < 4.78 is 0. The van der Waals surface area contributed by atoms with E-state index in [0.29, 0.717) is 5.92 Å². The van der Waals surface area contributed by atoms with Crippen LogP contribution >= 0.6 is 0 Å². The van der Waals surface area contributed by atoms with Crippen molar-refractivity contribution in [2.75, 3.05) is 5.73 Å². The minimum Gasteiger partial charge on any atom is -0.366 e. The number of hydrogen-bond acceptors (Lipinski definition) is 4. The average molecular weight is 228 g/mol. The Hall–Kier alpha value is -1.97. The fourth-order valence-electron chi connectivity index (χ4n) is 1.72. The molecule has 0 aliphatic heterocycles. The van der Waals surface area contributed by atoms with Gasteiger partial charge in [-0.2, -0.15) is 5.10 Å². The van der Waals surface area contributed by atoms with Crippen LogP contribution in [0.4, 0.5) is 5.95 Å². The lowest BCUT2D eigenvalue weighted by Crippen LogP contribution is -1.99. The van der Waals surface area contributed by atoms with Crippen LogP contribution in [0.5, 0.6) is 0 Å². The van der Waals surface area contributed by atoms with Crippen LogP contribution in [-0.2, 0) is 0 Å². The van der Waals surface area contributed by atoms with Crippen LogP contribution in [0, 0.1) is 6.92 Å². The summed E-state index contributed by atoms with van der Waals surface area (Å²) in [6.07, 6.45) is 1.64. The van der Waals surface area contributed by atoms with Crippen LogP contribution in [0.25, 0.3) is 11.3 Å². The number of aryl methyl sites for hydroxylation is 1. The van der Waals surface area contributed by atoms with Crippen LogP contribution in [0.3, 0.4) is 0 Å². The Morgan fingerprint density at radius 3 is 2.65 bits per heavy atom. The van der Waals surface area contributed by atoms with Crippen LogP contribution in [0.15, 0.2) is 24.4 Å². The van der Waals surface area contributed by atoms with E-state index in [2.05, 4.69) is 54.2 Å². The Kier molecular flexibility index (Phi) is 3.04. The Balaban J connectivity index is 2.54. The van der Waals surface area contributed by atoms with E-state index in [0.717, 1.165) is 16.8 Å². The minimum atomic E-state index is 0.205. The lowest BCUT2D eigenvalue weighted by Gasteiger charge is -2.10. The van der Waals surface area contributed by atoms with E-state index in [9.17, 15) is 0 Å². The second-order valence-corrected chi connectivity index (χ2v) is 4.43. The van der Waals surface area contributed by atoms with Gasteiger partial charge in [0.15, 0.2) is 0 Å². The summed E-state index contributed by atoms with van der Waals surface area (Å²) in [5.41, 5.74) is 9.84. The molecule has 2 rings (SSSR count). The van der Waals surface area contributed by atoms with Crippen molar-refractivity contribution in [2.45, 2.75) is 26.7 Å². The average Bonchev–Trinajstić information content (AvgIpc) is 2.29. The largest absolute Gasteiger partial charge is 0.366 e. The van der Waals surface area contributed by atoms with Gasteiger partial charge < -0.3 is 5.73 Å². The zero-order valence-corrected chi connectivity index (χ0v) is 10.3. The van der Waals surface area contributed by atoms with Crippen LogP contribution in [-0.4, -0.2) is 15.2 Å². The Morgan fingerprint density at radius 1 is 1.24 bits per heavy atom. The molecule has 0 saturated heterocycles. The molecule has 0 fully saturated rings. The van der Waals surface area contributed by atoms with E-state index in [4.69, 9.17) is 5.73 Å². The fraction of sp³-hybridized carbons (Fsp3) is 0.308. The molecule has 0 unspecified atom stereocenters. The van der Waals surface area contributed by atoms with Gasteiger partial charge >= 0.3 is 0 Å². The van der Waals surface area contributed by atoms with Gasteiger partial charge in [-0.05, 0) is 30.0 Å². The topological polar surface area (TPSA) is 64.7 Å². The number of rotatable bonds is 2. The highest BCUT2D eigenvalue weighted by atomic mass is 15.2. The highest BCUT2D eigenvalue weighted by Crippen LogP contribution is 2.25. The van der Waals surface area contributed by atoms with Gasteiger partial charge in [0.2, 0.25) is 5.95 Å². The van der Waals surface area contributed by atoms with Crippen molar-refractivity contribution >= 4 is 5.95 Å². The third kappa shape index (κ3) is 2.41. The third-order valence-corrected chi connectivity index (χ3v) is 2.78. The summed E-state index contributed by atoms with van der Waals surface area (Å²) in [4.78, 5) is 4.21. The molecule has 0 aliphatic carbocycles. The highest BCUT2D eigenvalue weighted by molar-refractivity contribution is 5.64. The molecule has 0 saturated carbocycles. The SMILES string of the molecule is Cc1ccc(C(C)C)cc1-c1cnnc(N)n1. The van der Waals surface area contributed by atoms with Crippen molar-refractivity contribution < 1.29 is 0 Å². The van der Waals surface area contributed by atoms with Gasteiger partial charge in [0, 0.05) is 5.56 Å². The van der Waals surface area contributed by atoms with Crippen molar-refractivity contribution in [3.63, 3.8) is 0 Å². The number of nitrogen functional groups attached to an aromatic ring is 1. The maximum absolute atomic E-state index is 5.56. The summed E-state index contributed by atoms with van der Waals surface area (Å²) in [7, 11) is 0. The van der Waals surface area contributed by atoms with Crippen LogP contribution in [0.1, 0.15) is 30.9 Å². The summed E-state index contributed by atoms with van der Waals surface area (Å²) >= 11 is 0. The molecule has 88 valence electrons. The second-order valence-electron chi connectivity index (χ2n) is 4.43. The molecule has 4 heteroatoms. The van der Waals surface area contributed by atoms with Crippen molar-refractivity contribution in [1.82, 2.24) is 15.2 Å². The first-order valence-corrected chi connectivity index (χ1v) is 5.64. The highest BCUT2D eigenvalue weighted by Gasteiger charge is 2.08. The maximum atomic E-state index is 5.56. The van der Waals surface area contributed by atoms with Crippen molar-refractivity contribution in [3.8, 4) is 11.3 Å². The van der Waals surface area contributed by atoms with Crippen molar-refractivity contribution in [3.05, 3.63) is 35.5 Å². The molecule has 1 heterocycles. The quantitative estimate of drug-likeness (QED) is 0.857. The van der Waals surface area contributed by atoms with E-state index in [1.54, 1.807) is 6.20 Å². The molecule has 0 amide bonds. The predicted octanol–water partition coefficient (Wildman–Crippen LogP) is 2.55. The molecule has 0 bridgehead atoms. The van der Waals surface area contributed by atoms with E-state index >= 15 is 0 Å². The molecule has 0 spiro atoms. The first-order valence-electron chi connectivity index (χ1n) is 5.64. The standard InChI is InChI=1S/C13H16N4/c1-8(2)10-5-4-9(3)11(6-10)12-7-15-17-13(14)16-12/h4-8H,1-3H3,(H2,14,16,17). The monoisotopic (exact) mass is 228 g/mol. The van der Waals surface area contributed by atoms with E-state index in [-0.39, 0.29) is 5.95 Å². The number of anilines is 1. The van der Waals surface area contributed by atoms with Gasteiger partial charge in [0.1, 0.15) is 0 Å². The molecule has 1 aromatic carbocycles. The summed E-state index contributed by atoms with van der Waals surface area (Å²) in [5.74, 6) is 0.693. The summed E-state index contributed by atoms with van der Waals surface area (Å²) in [6.45, 7) is 6.39. The molecule has 1 aromatic heterocycles. The number of aromatic nitrogens is 3. The normalized spacial score (nSPS) is 10.8. The van der Waals surface area contributed by atoms with Gasteiger partial charge in [0.05, 0.1) is 11.9 Å². The zero-order chi connectivity index (χ0) is 12.4. The maximum Gasteiger partial charge on any atom is 0.240 e. The summed E-state index contributed by atoms with van der Waals surface area (Å²) in [6, 6.07) is 6.38. The first kappa shape index (κ1) is 11.5. The first-order chi connectivity index (χ1) is 8.08. The molecule has 0 aliphatic rings. The van der Waals surface area contributed by atoms with Crippen LogP contribution in [0.2, 0.25) is 0 Å². The van der Waals surface area contributed by atoms with Gasteiger partial charge in [0.25, 0.3) is 0 Å². The van der Waals surface area contributed by atoms with Crippen molar-refractivity contribution in [2.24, 2.45) is 0 Å². The molecule has 0 radical (unpaired) electrons. The zero-order valence-electron chi connectivity index (χ0n) is 10.3. The van der Waals surface area contributed by atoms with Crippen molar-refractivity contribution in [1.29, 1.82) is 0 Å². The molecule has 0 atom stereocenters. The van der Waals surface area contributed by atoms with Gasteiger partial charge in [-0.1, -0.05) is 26.0 Å². The fourth-order valence-corrected chi connectivity index (χ4v) is 1.72. The molecular formula is C13H16N4. The van der Waals surface area contributed by atoms with Gasteiger partial charge in [-0.15, -0.1) is 5.10 Å². The van der Waals surface area contributed by atoms with Crippen LogP contribution < -0.4 is 5.73 Å². The lowest BCUT2D eigenvalue weighted by molar-refractivity contribution is 0.866. The lowest BCUT2D eigenvalue weighted by atomic mass is 9.96. The molecule has 4 nitrogen and oxygen atoms in total. The van der Waals surface area contributed by atoms with E-state index in [1.807, 2.05) is 0 Å². The summed E-state index contributed by atoms with van der Waals surface area (Å²) in [5, 5.41) is 7.51. The van der Waals surface area contributed by atoms with E-state index < -0.39 is 0 Å². The minimum absolute atomic E-state index is 0.205. The number of nitrogens with two attached hydrogens (primary N) is 1. The molecular weight excluding hydrogens is 212 g/mol. The Bertz CT molecular complexity index is 535. The number of hydrogen-bond donors (Lipinski definition) is 1. The Labute approximate surface area is 101 Å². The van der Waals surface area contributed by atoms with E-state index in [1.165, 1.54) is 5.56 Å². The smallest absolute Gasteiger partial charge is 0.240 e.